The number of benzene rings is 1. The van der Waals surface area contributed by atoms with Crippen LogP contribution in [-0.2, 0) is 14.3 Å². The van der Waals surface area contributed by atoms with Gasteiger partial charge in [0.25, 0.3) is 0 Å². The van der Waals surface area contributed by atoms with Gasteiger partial charge in [-0.05, 0) is 32.0 Å². The Labute approximate surface area is 116 Å². The third-order valence-corrected chi connectivity index (χ3v) is 2.61. The molecule has 0 unspecified atom stereocenters. The number of nitrogens with two attached hydrogens (primary N) is 1. The van der Waals surface area contributed by atoms with Crippen molar-refractivity contribution in [3.05, 3.63) is 28.8 Å². The molecule has 1 aromatic carbocycles. The Balaban J connectivity index is 2.64. The van der Waals surface area contributed by atoms with Gasteiger partial charge in [-0.1, -0.05) is 11.6 Å². The molecule has 0 amide bonds. The number of esters is 2. The standard InChI is InChI=1S/C13H16ClNO4/c1-3-18-12(16)6-8(2)19-13(17)10-7-9(15)4-5-11(10)14/h4-5,7-8H,3,6,15H2,1-2H3/t8-/m0/s1. The minimum Gasteiger partial charge on any atom is -0.466 e. The zero-order valence-corrected chi connectivity index (χ0v) is 11.6. The number of nitrogen functional groups attached to an aromatic ring is 1. The van der Waals surface area contributed by atoms with E-state index in [9.17, 15) is 9.59 Å². The SMILES string of the molecule is CCOC(=O)C[C@H](C)OC(=O)c1cc(N)ccc1Cl. The maximum absolute atomic E-state index is 11.9. The predicted octanol–water partition coefficient (Wildman–Crippen LogP) is 2.42. The Morgan fingerprint density at radius 1 is 1.42 bits per heavy atom. The van der Waals surface area contributed by atoms with Gasteiger partial charge in [-0.15, -0.1) is 0 Å². The van der Waals surface area contributed by atoms with E-state index in [4.69, 9.17) is 26.8 Å². The normalized spacial score (nSPS) is 11.7. The number of hydrogen-bond acceptors (Lipinski definition) is 5. The topological polar surface area (TPSA) is 78.6 Å². The van der Waals surface area contributed by atoms with E-state index in [2.05, 4.69) is 0 Å². The second-order valence-electron chi connectivity index (χ2n) is 3.96. The number of halogens is 1. The summed E-state index contributed by atoms with van der Waals surface area (Å²) in [6, 6.07) is 4.53. The lowest BCUT2D eigenvalue weighted by atomic mass is 10.2. The van der Waals surface area contributed by atoms with Crippen molar-refractivity contribution in [2.45, 2.75) is 26.4 Å². The van der Waals surface area contributed by atoms with Gasteiger partial charge in [-0.25, -0.2) is 4.79 Å². The molecule has 1 rings (SSSR count). The number of ether oxygens (including phenoxy) is 2. The molecule has 1 atom stereocenters. The molecule has 0 bridgehead atoms. The average Bonchev–Trinajstić information content (AvgIpc) is 2.32. The van der Waals surface area contributed by atoms with E-state index in [1.807, 2.05) is 0 Å². The zero-order chi connectivity index (χ0) is 14.4. The summed E-state index contributed by atoms with van der Waals surface area (Å²) >= 11 is 5.88. The number of carbonyl (C=O) groups is 2. The Kier molecular flexibility index (Phi) is 5.63. The van der Waals surface area contributed by atoms with E-state index in [-0.39, 0.29) is 17.0 Å². The lowest BCUT2D eigenvalue weighted by Crippen LogP contribution is -2.20. The first kappa shape index (κ1) is 15.3. The molecule has 2 N–H and O–H groups in total. The molecule has 0 spiro atoms. The van der Waals surface area contributed by atoms with E-state index in [0.717, 1.165) is 0 Å². The smallest absolute Gasteiger partial charge is 0.340 e. The summed E-state index contributed by atoms with van der Waals surface area (Å²) in [6.45, 7) is 3.61. The molecule has 0 fully saturated rings. The highest BCUT2D eigenvalue weighted by Crippen LogP contribution is 2.20. The average molecular weight is 286 g/mol. The minimum atomic E-state index is -0.617. The molecule has 0 aliphatic heterocycles. The summed E-state index contributed by atoms with van der Waals surface area (Å²) in [4.78, 5) is 23.1. The van der Waals surface area contributed by atoms with E-state index in [0.29, 0.717) is 12.3 Å². The van der Waals surface area contributed by atoms with Gasteiger partial charge >= 0.3 is 11.9 Å². The van der Waals surface area contributed by atoms with Crippen LogP contribution in [0.1, 0.15) is 30.6 Å². The Bertz CT molecular complexity index is 476. The number of hydrogen-bond donors (Lipinski definition) is 1. The van der Waals surface area contributed by atoms with Crippen LogP contribution in [0.4, 0.5) is 5.69 Å². The van der Waals surface area contributed by atoms with Crippen LogP contribution in [0.2, 0.25) is 5.02 Å². The third kappa shape index (κ3) is 4.79. The van der Waals surface area contributed by atoms with Gasteiger partial charge in [0.15, 0.2) is 0 Å². The molecule has 0 aliphatic carbocycles. The van der Waals surface area contributed by atoms with Crippen LogP contribution in [0.5, 0.6) is 0 Å². The maximum atomic E-state index is 11.9. The van der Waals surface area contributed by atoms with Gasteiger partial charge < -0.3 is 15.2 Å². The molecule has 0 aromatic heterocycles. The molecule has 0 saturated heterocycles. The largest absolute Gasteiger partial charge is 0.466 e. The first-order valence-corrected chi connectivity index (χ1v) is 6.23. The van der Waals surface area contributed by atoms with Crippen molar-refractivity contribution >= 4 is 29.2 Å². The molecule has 0 radical (unpaired) electrons. The number of rotatable bonds is 5. The van der Waals surface area contributed by atoms with Gasteiger partial charge in [-0.3, -0.25) is 4.79 Å². The van der Waals surface area contributed by atoms with Gasteiger partial charge in [0.1, 0.15) is 6.10 Å². The Morgan fingerprint density at radius 2 is 2.11 bits per heavy atom. The molecular weight excluding hydrogens is 270 g/mol. The molecule has 0 aliphatic rings. The van der Waals surface area contributed by atoms with Gasteiger partial charge in [0.2, 0.25) is 0 Å². The van der Waals surface area contributed by atoms with Crippen molar-refractivity contribution in [2.24, 2.45) is 0 Å². The highest BCUT2D eigenvalue weighted by molar-refractivity contribution is 6.33. The fourth-order valence-corrected chi connectivity index (χ4v) is 1.64. The summed E-state index contributed by atoms with van der Waals surface area (Å²) < 4.78 is 9.88. The second-order valence-corrected chi connectivity index (χ2v) is 4.37. The molecular formula is C13H16ClNO4. The Morgan fingerprint density at radius 3 is 2.74 bits per heavy atom. The van der Waals surface area contributed by atoms with Crippen LogP contribution < -0.4 is 5.73 Å². The van der Waals surface area contributed by atoms with Gasteiger partial charge in [0, 0.05) is 5.69 Å². The monoisotopic (exact) mass is 285 g/mol. The minimum absolute atomic E-state index is 0.000481. The summed E-state index contributed by atoms with van der Waals surface area (Å²) in [5.74, 6) is -1.03. The molecule has 1 aromatic rings. The highest BCUT2D eigenvalue weighted by atomic mass is 35.5. The second kappa shape index (κ2) is 6.99. The summed E-state index contributed by atoms with van der Waals surface area (Å²) in [5, 5.41) is 0.252. The number of anilines is 1. The van der Waals surface area contributed by atoms with E-state index in [1.165, 1.54) is 12.1 Å². The van der Waals surface area contributed by atoms with E-state index >= 15 is 0 Å². The fourth-order valence-electron chi connectivity index (χ4n) is 1.44. The molecule has 0 heterocycles. The van der Waals surface area contributed by atoms with Crippen LogP contribution in [0, 0.1) is 0 Å². The van der Waals surface area contributed by atoms with Crippen molar-refractivity contribution in [3.63, 3.8) is 0 Å². The quantitative estimate of drug-likeness (QED) is 0.664. The highest BCUT2D eigenvalue weighted by Gasteiger charge is 2.18. The molecule has 19 heavy (non-hydrogen) atoms. The van der Waals surface area contributed by atoms with Crippen LogP contribution in [-0.4, -0.2) is 24.6 Å². The van der Waals surface area contributed by atoms with Crippen molar-refractivity contribution < 1.29 is 19.1 Å². The fraction of sp³-hybridized carbons (Fsp3) is 0.385. The molecule has 0 saturated carbocycles. The Hall–Kier alpha value is -1.75. The summed E-state index contributed by atoms with van der Waals surface area (Å²) in [6.07, 6.45) is -0.594. The number of carbonyl (C=O) groups excluding carboxylic acids is 2. The van der Waals surface area contributed by atoms with Crippen molar-refractivity contribution in [1.82, 2.24) is 0 Å². The van der Waals surface area contributed by atoms with E-state index in [1.54, 1.807) is 19.9 Å². The van der Waals surface area contributed by atoms with Crippen LogP contribution in [0.3, 0.4) is 0 Å². The van der Waals surface area contributed by atoms with Gasteiger partial charge in [-0.2, -0.15) is 0 Å². The predicted molar refractivity (Wildman–Crippen MR) is 72.0 cm³/mol. The van der Waals surface area contributed by atoms with Crippen molar-refractivity contribution in [1.29, 1.82) is 0 Å². The molecule has 6 heteroatoms. The first-order chi connectivity index (χ1) is 8.93. The first-order valence-electron chi connectivity index (χ1n) is 5.85. The lowest BCUT2D eigenvalue weighted by molar-refractivity contribution is -0.145. The van der Waals surface area contributed by atoms with Crippen LogP contribution >= 0.6 is 11.6 Å². The summed E-state index contributed by atoms with van der Waals surface area (Å²) in [5.41, 5.74) is 6.17. The maximum Gasteiger partial charge on any atom is 0.340 e. The summed E-state index contributed by atoms with van der Waals surface area (Å²) in [7, 11) is 0. The molecule has 104 valence electrons. The van der Waals surface area contributed by atoms with E-state index < -0.39 is 18.0 Å². The van der Waals surface area contributed by atoms with Crippen LogP contribution in [0.15, 0.2) is 18.2 Å². The van der Waals surface area contributed by atoms with Crippen molar-refractivity contribution in [3.8, 4) is 0 Å². The van der Waals surface area contributed by atoms with Crippen molar-refractivity contribution in [2.75, 3.05) is 12.3 Å². The van der Waals surface area contributed by atoms with Gasteiger partial charge in [0.05, 0.1) is 23.6 Å². The zero-order valence-electron chi connectivity index (χ0n) is 10.8. The third-order valence-electron chi connectivity index (χ3n) is 2.28. The van der Waals surface area contributed by atoms with Crippen LogP contribution in [0.25, 0.3) is 0 Å². The lowest BCUT2D eigenvalue weighted by Gasteiger charge is -2.13. The molecule has 5 nitrogen and oxygen atoms in total.